The standard InChI is InChI=1S/C61H39N/c1-2-17-40(18-3-1)41-19-16-20-42(37-41)45-21-11-15-32-60(45)62(43-33-35-50-48-24-5-4-22-46(48)47-23-6-7-25-49(47)54(50)38-43)44-34-36-59-55(39-44)53-28-10-14-31-58(53)61(59)56-29-12-8-26-51(56)52-27-9-13-30-57(52)61/h1-39H. The molecule has 1 heteroatoms. The molecule has 1 nitrogen and oxygen atoms in total. The Labute approximate surface area is 361 Å². The summed E-state index contributed by atoms with van der Waals surface area (Å²) < 4.78 is 0. The highest BCUT2D eigenvalue weighted by Gasteiger charge is 2.51. The second-order valence-electron chi connectivity index (χ2n) is 16.7. The first kappa shape index (κ1) is 34.8. The molecule has 0 bridgehead atoms. The van der Waals surface area contributed by atoms with Gasteiger partial charge in [-0.2, -0.15) is 0 Å². The number of hydrogen-bond acceptors (Lipinski definition) is 1. The maximum Gasteiger partial charge on any atom is 0.0725 e. The molecule has 0 radical (unpaired) electrons. The van der Waals surface area contributed by atoms with Crippen LogP contribution in [0.25, 0.3) is 76.8 Å². The van der Waals surface area contributed by atoms with Crippen molar-refractivity contribution in [3.63, 3.8) is 0 Å². The minimum Gasteiger partial charge on any atom is -0.310 e. The van der Waals surface area contributed by atoms with E-state index >= 15 is 0 Å². The predicted molar refractivity (Wildman–Crippen MR) is 261 cm³/mol. The van der Waals surface area contributed by atoms with Crippen molar-refractivity contribution in [3.05, 3.63) is 259 Å². The highest BCUT2D eigenvalue weighted by molar-refractivity contribution is 6.26. The zero-order valence-corrected chi connectivity index (χ0v) is 34.0. The molecule has 288 valence electrons. The third-order valence-corrected chi connectivity index (χ3v) is 13.7. The Morgan fingerprint density at radius 1 is 0.242 bits per heavy atom. The van der Waals surface area contributed by atoms with E-state index in [0.717, 1.165) is 17.1 Å². The van der Waals surface area contributed by atoms with Gasteiger partial charge in [-0.05, 0) is 130 Å². The van der Waals surface area contributed by atoms with Crippen molar-refractivity contribution in [1.82, 2.24) is 0 Å². The molecule has 2 aliphatic rings. The SMILES string of the molecule is c1ccc(-c2cccc(-c3ccccc3N(c3ccc4c(c3)-c3ccccc3C43c4ccccc4-c4ccccc43)c3ccc4c5ccccc5c5ccccc5c4c3)c2)cc1. The Hall–Kier alpha value is -8.00. The van der Waals surface area contributed by atoms with Crippen LogP contribution in [-0.2, 0) is 5.41 Å². The highest BCUT2D eigenvalue weighted by Crippen LogP contribution is 2.63. The van der Waals surface area contributed by atoms with Crippen molar-refractivity contribution in [3.8, 4) is 44.5 Å². The molecule has 0 heterocycles. The van der Waals surface area contributed by atoms with Gasteiger partial charge in [-0.3, -0.25) is 0 Å². The number of fused-ring (bicyclic) bond motifs is 16. The molecule has 0 saturated carbocycles. The Balaban J connectivity index is 1.08. The fourth-order valence-corrected chi connectivity index (χ4v) is 11.1. The average molecular weight is 786 g/mol. The van der Waals surface area contributed by atoms with Crippen LogP contribution in [0.1, 0.15) is 22.3 Å². The van der Waals surface area contributed by atoms with Crippen LogP contribution in [-0.4, -0.2) is 0 Å². The lowest BCUT2D eigenvalue weighted by molar-refractivity contribution is 0.794. The van der Waals surface area contributed by atoms with Crippen LogP contribution in [0.5, 0.6) is 0 Å². The van der Waals surface area contributed by atoms with Crippen LogP contribution >= 0.6 is 0 Å². The zero-order chi connectivity index (χ0) is 40.8. The Morgan fingerprint density at radius 2 is 0.677 bits per heavy atom. The number of para-hydroxylation sites is 1. The minimum atomic E-state index is -0.402. The van der Waals surface area contributed by atoms with Gasteiger partial charge in [0, 0.05) is 16.9 Å². The van der Waals surface area contributed by atoms with Gasteiger partial charge >= 0.3 is 0 Å². The molecule has 0 N–H and O–H groups in total. The van der Waals surface area contributed by atoms with E-state index in [2.05, 4.69) is 241 Å². The molecule has 0 fully saturated rings. The normalized spacial score (nSPS) is 13.0. The van der Waals surface area contributed by atoms with E-state index in [9.17, 15) is 0 Å². The number of rotatable bonds is 5. The van der Waals surface area contributed by atoms with Gasteiger partial charge in [0.05, 0.1) is 11.1 Å². The summed E-state index contributed by atoms with van der Waals surface area (Å²) in [6, 6.07) is 87.9. The summed E-state index contributed by atoms with van der Waals surface area (Å²) in [5.41, 5.74) is 18.3. The molecule has 0 atom stereocenters. The first-order chi connectivity index (χ1) is 30.8. The van der Waals surface area contributed by atoms with Crippen molar-refractivity contribution in [2.45, 2.75) is 5.41 Å². The first-order valence-corrected chi connectivity index (χ1v) is 21.6. The van der Waals surface area contributed by atoms with Crippen LogP contribution in [0.3, 0.4) is 0 Å². The number of anilines is 3. The summed E-state index contributed by atoms with van der Waals surface area (Å²) in [7, 11) is 0. The van der Waals surface area contributed by atoms with Crippen molar-refractivity contribution in [1.29, 1.82) is 0 Å². The quantitative estimate of drug-likeness (QED) is 0.157. The molecule has 11 aromatic rings. The summed E-state index contributed by atoms with van der Waals surface area (Å²) in [4.78, 5) is 2.50. The highest BCUT2D eigenvalue weighted by atomic mass is 15.1. The first-order valence-electron chi connectivity index (χ1n) is 21.6. The third kappa shape index (κ3) is 4.91. The summed E-state index contributed by atoms with van der Waals surface area (Å²) in [5, 5.41) is 7.59. The van der Waals surface area contributed by atoms with Gasteiger partial charge in [0.25, 0.3) is 0 Å². The molecule has 0 amide bonds. The fraction of sp³-hybridized carbons (Fsp3) is 0.0164. The number of hydrogen-bond donors (Lipinski definition) is 0. The van der Waals surface area contributed by atoms with Gasteiger partial charge in [-0.1, -0.05) is 200 Å². The minimum absolute atomic E-state index is 0.402. The second-order valence-corrected chi connectivity index (χ2v) is 16.7. The van der Waals surface area contributed by atoms with E-state index in [1.54, 1.807) is 0 Å². The van der Waals surface area contributed by atoms with Crippen molar-refractivity contribution in [2.24, 2.45) is 0 Å². The molecule has 0 aromatic heterocycles. The Kier molecular flexibility index (Phi) is 7.59. The van der Waals surface area contributed by atoms with Gasteiger partial charge in [0.1, 0.15) is 0 Å². The molecule has 13 rings (SSSR count). The monoisotopic (exact) mass is 785 g/mol. The molecular weight excluding hydrogens is 747 g/mol. The number of benzene rings is 11. The van der Waals surface area contributed by atoms with Gasteiger partial charge < -0.3 is 4.90 Å². The molecule has 0 saturated heterocycles. The van der Waals surface area contributed by atoms with Crippen molar-refractivity contribution in [2.75, 3.05) is 4.90 Å². The van der Waals surface area contributed by atoms with Crippen LogP contribution in [0.15, 0.2) is 237 Å². The Bertz CT molecular complexity index is 3520. The molecule has 11 aromatic carbocycles. The Morgan fingerprint density at radius 3 is 1.32 bits per heavy atom. The summed E-state index contributed by atoms with van der Waals surface area (Å²) >= 11 is 0. The topological polar surface area (TPSA) is 3.24 Å². The van der Waals surface area contributed by atoms with E-state index in [1.165, 1.54) is 99.1 Å². The van der Waals surface area contributed by atoms with Crippen LogP contribution in [0.4, 0.5) is 17.1 Å². The van der Waals surface area contributed by atoms with E-state index in [0.29, 0.717) is 0 Å². The lowest BCUT2D eigenvalue weighted by atomic mass is 9.70. The molecule has 1 spiro atoms. The predicted octanol–water partition coefficient (Wildman–Crippen LogP) is 16.3. The lowest BCUT2D eigenvalue weighted by Gasteiger charge is -2.31. The molecular formula is C61H39N. The fourth-order valence-electron chi connectivity index (χ4n) is 11.1. The van der Waals surface area contributed by atoms with E-state index in [4.69, 9.17) is 0 Å². The van der Waals surface area contributed by atoms with Crippen LogP contribution < -0.4 is 4.90 Å². The van der Waals surface area contributed by atoms with Gasteiger partial charge in [-0.15, -0.1) is 0 Å². The maximum absolute atomic E-state index is 2.50. The van der Waals surface area contributed by atoms with Gasteiger partial charge in [0.15, 0.2) is 0 Å². The van der Waals surface area contributed by atoms with Gasteiger partial charge in [0.2, 0.25) is 0 Å². The zero-order valence-electron chi connectivity index (χ0n) is 34.0. The molecule has 2 aliphatic carbocycles. The second kappa shape index (κ2) is 13.5. The summed E-state index contributed by atoms with van der Waals surface area (Å²) in [5.74, 6) is 0. The summed E-state index contributed by atoms with van der Waals surface area (Å²) in [6.07, 6.45) is 0. The molecule has 62 heavy (non-hydrogen) atoms. The van der Waals surface area contributed by atoms with E-state index in [-0.39, 0.29) is 0 Å². The third-order valence-electron chi connectivity index (χ3n) is 13.7. The smallest absolute Gasteiger partial charge is 0.0725 e. The van der Waals surface area contributed by atoms with Crippen molar-refractivity contribution >= 4 is 49.4 Å². The van der Waals surface area contributed by atoms with Crippen LogP contribution in [0, 0.1) is 0 Å². The summed E-state index contributed by atoms with van der Waals surface area (Å²) in [6.45, 7) is 0. The lowest BCUT2D eigenvalue weighted by Crippen LogP contribution is -2.25. The molecule has 0 aliphatic heterocycles. The number of nitrogens with zero attached hydrogens (tertiary/aromatic N) is 1. The molecule has 0 unspecified atom stereocenters. The average Bonchev–Trinajstić information content (AvgIpc) is 3.82. The van der Waals surface area contributed by atoms with E-state index in [1.807, 2.05) is 0 Å². The van der Waals surface area contributed by atoms with Gasteiger partial charge in [-0.25, -0.2) is 0 Å². The largest absolute Gasteiger partial charge is 0.310 e. The maximum atomic E-state index is 2.50. The van der Waals surface area contributed by atoms with Crippen molar-refractivity contribution < 1.29 is 0 Å². The van der Waals surface area contributed by atoms with E-state index < -0.39 is 5.41 Å². The van der Waals surface area contributed by atoms with Crippen LogP contribution in [0.2, 0.25) is 0 Å².